The van der Waals surface area contributed by atoms with Crippen LogP contribution >= 0.6 is 23.2 Å². The molecular weight excluding hydrogens is 469 g/mol. The Balaban J connectivity index is 1.60. The standard InChI is InChI=1S/C26H21Cl2N5O/c1-32(2)19-10-5-15(6-11-19)24-22-23(31-26-29-14-30-33(24)26)20-13-18(28)9-12-21(20)34-25(22)16-3-7-17(27)8-4-16/h3-14,24-25H,1-2H3,(H,29,30,31)/t24-,25-/m0/s1. The van der Waals surface area contributed by atoms with Gasteiger partial charge in [-0.25, -0.2) is 4.68 Å². The molecule has 0 spiro atoms. The second kappa shape index (κ2) is 8.08. The van der Waals surface area contributed by atoms with E-state index in [0.29, 0.717) is 16.0 Å². The smallest absolute Gasteiger partial charge is 0.226 e. The van der Waals surface area contributed by atoms with Crippen LogP contribution in [0.15, 0.2) is 78.6 Å². The van der Waals surface area contributed by atoms with E-state index in [4.69, 9.17) is 27.9 Å². The maximum atomic E-state index is 6.62. The number of fused-ring (bicyclic) bond motifs is 3. The van der Waals surface area contributed by atoms with Gasteiger partial charge in [0.25, 0.3) is 0 Å². The highest BCUT2D eigenvalue weighted by atomic mass is 35.5. The third-order valence-electron chi connectivity index (χ3n) is 6.27. The minimum atomic E-state index is -0.357. The van der Waals surface area contributed by atoms with Gasteiger partial charge in [0.1, 0.15) is 24.2 Å². The number of benzene rings is 3. The van der Waals surface area contributed by atoms with E-state index >= 15 is 0 Å². The lowest BCUT2D eigenvalue weighted by Crippen LogP contribution is -2.32. The Kier molecular flexibility index (Phi) is 5.01. The summed E-state index contributed by atoms with van der Waals surface area (Å²) in [4.78, 5) is 6.56. The first-order valence-electron chi connectivity index (χ1n) is 10.9. The Bertz CT molecular complexity index is 1410. The maximum Gasteiger partial charge on any atom is 0.226 e. The van der Waals surface area contributed by atoms with E-state index in [2.05, 4.69) is 44.6 Å². The molecule has 0 saturated heterocycles. The lowest BCUT2D eigenvalue weighted by Gasteiger charge is -2.39. The Morgan fingerprint density at radius 1 is 0.912 bits per heavy atom. The van der Waals surface area contributed by atoms with Gasteiger partial charge in [0.15, 0.2) is 0 Å². The quantitative estimate of drug-likeness (QED) is 0.370. The normalized spacial score (nSPS) is 18.4. The van der Waals surface area contributed by atoms with Crippen LogP contribution in [0.1, 0.15) is 28.8 Å². The van der Waals surface area contributed by atoms with Crippen LogP contribution in [-0.2, 0) is 0 Å². The van der Waals surface area contributed by atoms with Crippen molar-refractivity contribution in [3.8, 4) is 5.75 Å². The fraction of sp³-hybridized carbons (Fsp3) is 0.154. The third-order valence-corrected chi connectivity index (χ3v) is 6.76. The van der Waals surface area contributed by atoms with Gasteiger partial charge in [-0.3, -0.25) is 0 Å². The molecule has 34 heavy (non-hydrogen) atoms. The van der Waals surface area contributed by atoms with Crippen LogP contribution in [0.25, 0.3) is 5.70 Å². The number of ether oxygens (including phenoxy) is 1. The second-order valence-corrected chi connectivity index (χ2v) is 9.43. The summed E-state index contributed by atoms with van der Waals surface area (Å²) < 4.78 is 8.53. The first-order chi connectivity index (χ1) is 16.5. The molecule has 0 saturated carbocycles. The Morgan fingerprint density at radius 3 is 2.35 bits per heavy atom. The lowest BCUT2D eigenvalue weighted by molar-refractivity contribution is 0.223. The van der Waals surface area contributed by atoms with Gasteiger partial charge in [0.05, 0.1) is 5.70 Å². The molecule has 2 aliphatic heterocycles. The van der Waals surface area contributed by atoms with Crippen LogP contribution in [0.3, 0.4) is 0 Å². The van der Waals surface area contributed by atoms with Crippen molar-refractivity contribution < 1.29 is 4.74 Å². The van der Waals surface area contributed by atoms with Crippen LogP contribution in [0.4, 0.5) is 11.6 Å². The summed E-state index contributed by atoms with van der Waals surface area (Å²) in [6, 6.07) is 21.7. The van der Waals surface area contributed by atoms with E-state index in [1.54, 1.807) is 6.33 Å². The van der Waals surface area contributed by atoms with Crippen molar-refractivity contribution in [3.05, 3.63) is 105 Å². The molecule has 6 nitrogen and oxygen atoms in total. The average Bonchev–Trinajstić information content (AvgIpc) is 3.31. The number of nitrogens with zero attached hydrogens (tertiary/aromatic N) is 4. The van der Waals surface area contributed by atoms with Gasteiger partial charge < -0.3 is 15.0 Å². The van der Waals surface area contributed by atoms with Crippen LogP contribution in [0, 0.1) is 0 Å². The lowest BCUT2D eigenvalue weighted by atomic mass is 9.84. The molecule has 0 unspecified atom stereocenters. The number of hydrogen-bond donors (Lipinski definition) is 1. The molecular formula is C26H21Cl2N5O. The molecule has 3 aromatic carbocycles. The number of nitrogens with one attached hydrogen (secondary N) is 1. The van der Waals surface area contributed by atoms with Crippen LogP contribution in [0.5, 0.6) is 5.75 Å². The van der Waals surface area contributed by atoms with Gasteiger partial charge in [-0.15, -0.1) is 0 Å². The molecule has 0 amide bonds. The molecule has 0 radical (unpaired) electrons. The molecule has 3 heterocycles. The summed E-state index contributed by atoms with van der Waals surface area (Å²) >= 11 is 12.6. The van der Waals surface area contributed by atoms with E-state index in [9.17, 15) is 0 Å². The summed E-state index contributed by atoms with van der Waals surface area (Å²) in [5.74, 6) is 1.42. The van der Waals surface area contributed by atoms with E-state index in [1.807, 2.05) is 61.2 Å². The molecule has 8 heteroatoms. The van der Waals surface area contributed by atoms with Crippen molar-refractivity contribution in [2.45, 2.75) is 12.1 Å². The Morgan fingerprint density at radius 2 is 1.62 bits per heavy atom. The van der Waals surface area contributed by atoms with E-state index in [1.165, 1.54) is 0 Å². The summed E-state index contributed by atoms with van der Waals surface area (Å²) in [6.07, 6.45) is 1.21. The topological polar surface area (TPSA) is 55.2 Å². The van der Waals surface area contributed by atoms with Gasteiger partial charge in [-0.2, -0.15) is 10.1 Å². The monoisotopic (exact) mass is 489 g/mol. The second-order valence-electron chi connectivity index (χ2n) is 8.56. The van der Waals surface area contributed by atoms with E-state index < -0.39 is 0 Å². The van der Waals surface area contributed by atoms with Crippen LogP contribution in [0.2, 0.25) is 10.0 Å². The van der Waals surface area contributed by atoms with Crippen molar-refractivity contribution in [2.75, 3.05) is 24.3 Å². The largest absolute Gasteiger partial charge is 0.480 e. The highest BCUT2D eigenvalue weighted by molar-refractivity contribution is 6.31. The predicted molar refractivity (Wildman–Crippen MR) is 136 cm³/mol. The molecule has 0 aliphatic carbocycles. The average molecular weight is 490 g/mol. The van der Waals surface area contributed by atoms with Crippen molar-refractivity contribution >= 4 is 40.5 Å². The van der Waals surface area contributed by atoms with Gasteiger partial charge in [0.2, 0.25) is 5.95 Å². The fourth-order valence-electron chi connectivity index (χ4n) is 4.63. The Hall–Kier alpha value is -3.48. The van der Waals surface area contributed by atoms with Crippen molar-refractivity contribution in [2.24, 2.45) is 0 Å². The zero-order valence-electron chi connectivity index (χ0n) is 18.5. The molecule has 1 N–H and O–H groups in total. The highest BCUT2D eigenvalue weighted by Gasteiger charge is 2.41. The minimum absolute atomic E-state index is 0.224. The van der Waals surface area contributed by atoms with E-state index in [0.717, 1.165) is 39.4 Å². The third kappa shape index (κ3) is 3.42. The number of anilines is 2. The van der Waals surface area contributed by atoms with Gasteiger partial charge >= 0.3 is 0 Å². The van der Waals surface area contributed by atoms with Crippen molar-refractivity contribution in [1.29, 1.82) is 0 Å². The van der Waals surface area contributed by atoms with Crippen LogP contribution < -0.4 is 15.0 Å². The molecule has 0 fully saturated rings. The zero-order valence-corrected chi connectivity index (χ0v) is 20.0. The van der Waals surface area contributed by atoms with Crippen LogP contribution in [-0.4, -0.2) is 28.9 Å². The molecule has 6 rings (SSSR count). The van der Waals surface area contributed by atoms with Crippen molar-refractivity contribution in [1.82, 2.24) is 14.8 Å². The summed E-state index contributed by atoms with van der Waals surface area (Å²) in [5, 5.41) is 9.39. The summed E-state index contributed by atoms with van der Waals surface area (Å²) in [6.45, 7) is 0. The van der Waals surface area contributed by atoms with Gasteiger partial charge in [-0.05, 0) is 53.6 Å². The first kappa shape index (κ1) is 21.1. The number of hydrogen-bond acceptors (Lipinski definition) is 5. The zero-order chi connectivity index (χ0) is 23.4. The number of halogens is 2. The van der Waals surface area contributed by atoms with Crippen molar-refractivity contribution in [3.63, 3.8) is 0 Å². The maximum absolute atomic E-state index is 6.62. The minimum Gasteiger partial charge on any atom is -0.480 e. The molecule has 2 atom stereocenters. The number of rotatable bonds is 3. The first-order valence-corrected chi connectivity index (χ1v) is 11.6. The van der Waals surface area contributed by atoms with Gasteiger partial charge in [0, 0.05) is 41.0 Å². The predicted octanol–water partition coefficient (Wildman–Crippen LogP) is 6.21. The summed E-state index contributed by atoms with van der Waals surface area (Å²) in [7, 11) is 4.06. The molecule has 170 valence electrons. The molecule has 0 bridgehead atoms. The fourth-order valence-corrected chi connectivity index (χ4v) is 4.93. The highest BCUT2D eigenvalue weighted by Crippen LogP contribution is 2.51. The molecule has 1 aromatic heterocycles. The SMILES string of the molecule is CN(C)c1ccc([C@H]2C3=C(Nc4ncnn42)c2cc(Cl)ccc2O[C@H]3c2ccc(Cl)cc2)cc1. The Labute approximate surface area is 207 Å². The molecule has 2 aliphatic rings. The summed E-state index contributed by atoms with van der Waals surface area (Å²) in [5.41, 5.74) is 6.07. The molecule has 4 aromatic rings. The van der Waals surface area contributed by atoms with Gasteiger partial charge in [-0.1, -0.05) is 47.5 Å². The van der Waals surface area contributed by atoms with E-state index in [-0.39, 0.29) is 12.1 Å². The number of aromatic nitrogens is 3.